The van der Waals surface area contributed by atoms with Crippen molar-refractivity contribution in [1.29, 1.82) is 0 Å². The van der Waals surface area contributed by atoms with E-state index in [1.165, 1.54) is 0 Å². The summed E-state index contributed by atoms with van der Waals surface area (Å²) in [6.07, 6.45) is 1.14. The predicted molar refractivity (Wildman–Crippen MR) is 77.2 cm³/mol. The zero-order chi connectivity index (χ0) is 14.0. The third-order valence-corrected chi connectivity index (χ3v) is 4.28. The Morgan fingerprint density at radius 1 is 1.42 bits per heavy atom. The van der Waals surface area contributed by atoms with E-state index in [-0.39, 0.29) is 11.9 Å². The summed E-state index contributed by atoms with van der Waals surface area (Å²) in [5.41, 5.74) is 0.591. The second-order valence-electron chi connectivity index (χ2n) is 4.90. The lowest BCUT2D eigenvalue weighted by Gasteiger charge is -2.25. The maximum atomic E-state index is 12.2. The summed E-state index contributed by atoms with van der Waals surface area (Å²) in [6.45, 7) is 3.16. The van der Waals surface area contributed by atoms with Crippen molar-refractivity contribution in [2.45, 2.75) is 25.5 Å². The molecule has 0 radical (unpaired) electrons. The average Bonchev–Trinajstić information content (AvgIpc) is 2.79. The van der Waals surface area contributed by atoms with E-state index in [0.717, 1.165) is 13.0 Å². The Morgan fingerprint density at radius 3 is 2.74 bits per heavy atom. The van der Waals surface area contributed by atoms with Crippen molar-refractivity contribution < 1.29 is 9.53 Å². The van der Waals surface area contributed by atoms with Crippen LogP contribution in [0.1, 0.15) is 23.7 Å². The minimum atomic E-state index is 0.0418. The Morgan fingerprint density at radius 2 is 2.16 bits per heavy atom. The molecular weight excluding hydrogens is 285 g/mol. The molecule has 1 saturated heterocycles. The van der Waals surface area contributed by atoms with E-state index in [1.54, 1.807) is 18.2 Å². The highest BCUT2D eigenvalue weighted by molar-refractivity contribution is 6.42. The molecule has 3 nitrogen and oxygen atoms in total. The van der Waals surface area contributed by atoms with Crippen LogP contribution in [-0.2, 0) is 4.74 Å². The van der Waals surface area contributed by atoms with Gasteiger partial charge in [0.15, 0.2) is 5.78 Å². The van der Waals surface area contributed by atoms with Gasteiger partial charge >= 0.3 is 0 Å². The first kappa shape index (κ1) is 14.8. The van der Waals surface area contributed by atoms with E-state index < -0.39 is 0 Å². The lowest BCUT2D eigenvalue weighted by atomic mass is 10.1. The van der Waals surface area contributed by atoms with Crippen LogP contribution in [0.25, 0.3) is 0 Å². The number of carbonyl (C=O) groups is 1. The number of ketones is 1. The SMILES string of the molecule is CC1OCCC1N(C)CC(=O)c1ccc(Cl)c(Cl)c1. The van der Waals surface area contributed by atoms with Crippen LogP contribution in [0.5, 0.6) is 0 Å². The summed E-state index contributed by atoms with van der Waals surface area (Å²) >= 11 is 11.8. The lowest BCUT2D eigenvalue weighted by molar-refractivity contribution is 0.0746. The van der Waals surface area contributed by atoms with Crippen molar-refractivity contribution in [2.24, 2.45) is 0 Å². The molecule has 1 aliphatic heterocycles. The number of ether oxygens (including phenoxy) is 1. The molecule has 0 bridgehead atoms. The van der Waals surface area contributed by atoms with E-state index in [0.29, 0.717) is 28.2 Å². The molecule has 1 fully saturated rings. The van der Waals surface area contributed by atoms with Gasteiger partial charge < -0.3 is 4.74 Å². The van der Waals surface area contributed by atoms with Gasteiger partial charge in [0.2, 0.25) is 0 Å². The number of Topliss-reactive ketones (excluding diaryl/α,β-unsaturated/α-hetero) is 1. The molecule has 0 saturated carbocycles. The van der Waals surface area contributed by atoms with Crippen LogP contribution in [0.15, 0.2) is 18.2 Å². The van der Waals surface area contributed by atoms with E-state index in [2.05, 4.69) is 0 Å². The largest absolute Gasteiger partial charge is 0.377 e. The summed E-state index contributed by atoms with van der Waals surface area (Å²) in [4.78, 5) is 14.2. The van der Waals surface area contributed by atoms with Gasteiger partial charge in [-0.3, -0.25) is 9.69 Å². The molecule has 0 spiro atoms. The molecule has 5 heteroatoms. The second kappa shape index (κ2) is 6.23. The van der Waals surface area contributed by atoms with Crippen LogP contribution < -0.4 is 0 Å². The Balaban J connectivity index is 2.02. The molecule has 1 heterocycles. The molecule has 0 amide bonds. The van der Waals surface area contributed by atoms with Crippen molar-refractivity contribution in [2.75, 3.05) is 20.2 Å². The standard InChI is InChI=1S/C14H17Cl2NO2/c1-9-13(5-6-19-9)17(2)8-14(18)10-3-4-11(15)12(16)7-10/h3-4,7,9,13H,5-6,8H2,1-2H3. The molecule has 0 aliphatic carbocycles. The van der Waals surface area contributed by atoms with Gasteiger partial charge in [-0.15, -0.1) is 0 Å². The van der Waals surface area contributed by atoms with E-state index in [1.807, 2.05) is 18.9 Å². The van der Waals surface area contributed by atoms with Crippen LogP contribution >= 0.6 is 23.2 Å². The molecular formula is C14H17Cl2NO2. The van der Waals surface area contributed by atoms with Gasteiger partial charge in [-0.05, 0) is 38.6 Å². The number of nitrogens with zero attached hydrogens (tertiary/aromatic N) is 1. The van der Waals surface area contributed by atoms with Crippen LogP contribution in [0.4, 0.5) is 0 Å². The third kappa shape index (κ3) is 3.48. The molecule has 1 aromatic rings. The van der Waals surface area contributed by atoms with E-state index >= 15 is 0 Å². The predicted octanol–water partition coefficient (Wildman–Crippen LogP) is 3.29. The Hall–Kier alpha value is -0.610. The van der Waals surface area contributed by atoms with Gasteiger partial charge in [0.05, 0.1) is 22.7 Å². The fourth-order valence-corrected chi connectivity index (χ4v) is 2.70. The lowest BCUT2D eigenvalue weighted by Crippen LogP contribution is -2.39. The van der Waals surface area contributed by atoms with Crippen molar-refractivity contribution in [3.63, 3.8) is 0 Å². The fourth-order valence-electron chi connectivity index (χ4n) is 2.40. The summed E-state index contributed by atoms with van der Waals surface area (Å²) < 4.78 is 5.52. The number of halogens is 2. The topological polar surface area (TPSA) is 29.5 Å². The number of benzene rings is 1. The molecule has 0 aromatic heterocycles. The molecule has 2 unspecified atom stereocenters. The van der Waals surface area contributed by atoms with Gasteiger partial charge in [0.25, 0.3) is 0 Å². The minimum Gasteiger partial charge on any atom is -0.377 e. The third-order valence-electron chi connectivity index (χ3n) is 3.54. The number of hydrogen-bond donors (Lipinski definition) is 0. The zero-order valence-corrected chi connectivity index (χ0v) is 12.5. The smallest absolute Gasteiger partial charge is 0.176 e. The summed E-state index contributed by atoms with van der Waals surface area (Å²) in [6, 6.07) is 5.28. The van der Waals surface area contributed by atoms with Gasteiger partial charge in [0, 0.05) is 18.2 Å². The number of likely N-dealkylation sites (N-methyl/N-ethyl adjacent to an activating group) is 1. The number of hydrogen-bond acceptors (Lipinski definition) is 3. The Bertz CT molecular complexity index is 479. The van der Waals surface area contributed by atoms with Gasteiger partial charge in [0.1, 0.15) is 0 Å². The van der Waals surface area contributed by atoms with Crippen LogP contribution in [0.3, 0.4) is 0 Å². The maximum absolute atomic E-state index is 12.2. The van der Waals surface area contributed by atoms with Crippen molar-refractivity contribution >= 4 is 29.0 Å². The maximum Gasteiger partial charge on any atom is 0.176 e. The second-order valence-corrected chi connectivity index (χ2v) is 5.71. The molecule has 0 N–H and O–H groups in total. The van der Waals surface area contributed by atoms with Gasteiger partial charge in [-0.2, -0.15) is 0 Å². The first-order valence-electron chi connectivity index (χ1n) is 6.29. The molecule has 2 atom stereocenters. The molecule has 104 valence electrons. The van der Waals surface area contributed by atoms with Gasteiger partial charge in [-0.25, -0.2) is 0 Å². The number of rotatable bonds is 4. The summed E-state index contributed by atoms with van der Waals surface area (Å²) in [5.74, 6) is 0.0418. The van der Waals surface area contributed by atoms with Crippen molar-refractivity contribution in [3.8, 4) is 0 Å². The first-order chi connectivity index (χ1) is 8.99. The molecule has 1 aromatic carbocycles. The van der Waals surface area contributed by atoms with Crippen LogP contribution in [0.2, 0.25) is 10.0 Å². The molecule has 2 rings (SSSR count). The quantitative estimate of drug-likeness (QED) is 0.799. The summed E-state index contributed by atoms with van der Waals surface area (Å²) in [5, 5.41) is 0.872. The number of carbonyl (C=O) groups excluding carboxylic acids is 1. The summed E-state index contributed by atoms with van der Waals surface area (Å²) in [7, 11) is 1.95. The highest BCUT2D eigenvalue weighted by Gasteiger charge is 2.28. The average molecular weight is 302 g/mol. The van der Waals surface area contributed by atoms with Gasteiger partial charge in [-0.1, -0.05) is 23.2 Å². The highest BCUT2D eigenvalue weighted by Crippen LogP contribution is 2.23. The van der Waals surface area contributed by atoms with Crippen molar-refractivity contribution in [3.05, 3.63) is 33.8 Å². The van der Waals surface area contributed by atoms with Crippen LogP contribution in [-0.4, -0.2) is 43.0 Å². The molecule has 1 aliphatic rings. The molecule has 19 heavy (non-hydrogen) atoms. The fraction of sp³-hybridized carbons (Fsp3) is 0.500. The first-order valence-corrected chi connectivity index (χ1v) is 7.04. The Labute approximate surface area is 123 Å². The normalized spacial score (nSPS) is 23.0. The van der Waals surface area contributed by atoms with Crippen LogP contribution in [0, 0.1) is 0 Å². The monoisotopic (exact) mass is 301 g/mol. The minimum absolute atomic E-state index is 0.0418. The van der Waals surface area contributed by atoms with E-state index in [9.17, 15) is 4.79 Å². The van der Waals surface area contributed by atoms with Crippen molar-refractivity contribution in [1.82, 2.24) is 4.90 Å². The zero-order valence-electron chi connectivity index (χ0n) is 11.0. The Kier molecular flexibility index (Phi) is 4.85. The highest BCUT2D eigenvalue weighted by atomic mass is 35.5. The van der Waals surface area contributed by atoms with E-state index in [4.69, 9.17) is 27.9 Å².